The number of benzene rings is 1. The second-order valence-electron chi connectivity index (χ2n) is 5.00. The lowest BCUT2D eigenvalue weighted by Crippen LogP contribution is -2.50. The van der Waals surface area contributed by atoms with Gasteiger partial charge in [-0.25, -0.2) is 0 Å². The number of nitrogen functional groups attached to an aromatic ring is 1. The number of amides is 1. The van der Waals surface area contributed by atoms with Crippen LogP contribution in [0.1, 0.15) is 5.56 Å². The second kappa shape index (κ2) is 6.69. The Bertz CT molecular complexity index is 479. The molecule has 2 rings (SSSR count). The molecule has 0 radical (unpaired) electrons. The predicted octanol–water partition coefficient (Wildman–Crippen LogP) is 0.209. The fourth-order valence-electron chi connectivity index (χ4n) is 2.17. The standard InChI is InChI=1S/C14H21N3O3/c1-10-2-3-11(6-13(10)15)16-14(19)7-17-4-5-20-9-12(17)8-18/h2-3,6,12,18H,4-5,7-9,15H2,1H3,(H,16,19). The van der Waals surface area contributed by atoms with E-state index in [0.29, 0.717) is 31.1 Å². The van der Waals surface area contributed by atoms with Crippen molar-refractivity contribution in [1.29, 1.82) is 0 Å². The van der Waals surface area contributed by atoms with E-state index >= 15 is 0 Å². The van der Waals surface area contributed by atoms with Crippen molar-refractivity contribution in [2.45, 2.75) is 13.0 Å². The van der Waals surface area contributed by atoms with Gasteiger partial charge >= 0.3 is 0 Å². The minimum absolute atomic E-state index is 0.00917. The molecule has 0 spiro atoms. The van der Waals surface area contributed by atoms with Crippen molar-refractivity contribution in [3.05, 3.63) is 23.8 Å². The van der Waals surface area contributed by atoms with Gasteiger partial charge in [0.25, 0.3) is 0 Å². The fraction of sp³-hybridized carbons (Fsp3) is 0.500. The number of nitrogens with two attached hydrogens (primary N) is 1. The van der Waals surface area contributed by atoms with Crippen LogP contribution in [-0.4, -0.2) is 54.9 Å². The summed E-state index contributed by atoms with van der Waals surface area (Å²) in [6.45, 7) is 3.84. The Morgan fingerprint density at radius 1 is 1.60 bits per heavy atom. The molecule has 6 heteroatoms. The number of hydrogen-bond acceptors (Lipinski definition) is 5. The third-order valence-electron chi connectivity index (χ3n) is 3.47. The summed E-state index contributed by atoms with van der Waals surface area (Å²) in [4.78, 5) is 13.9. The summed E-state index contributed by atoms with van der Waals surface area (Å²) in [5.41, 5.74) is 8.14. The van der Waals surface area contributed by atoms with Gasteiger partial charge in [-0.05, 0) is 24.6 Å². The zero-order valence-electron chi connectivity index (χ0n) is 11.6. The van der Waals surface area contributed by atoms with Crippen LogP contribution in [0.4, 0.5) is 11.4 Å². The van der Waals surface area contributed by atoms with Gasteiger partial charge in [0.2, 0.25) is 5.91 Å². The number of ether oxygens (including phenoxy) is 1. The highest BCUT2D eigenvalue weighted by Gasteiger charge is 2.24. The third-order valence-corrected chi connectivity index (χ3v) is 3.47. The van der Waals surface area contributed by atoms with Gasteiger partial charge in [0.15, 0.2) is 0 Å². The molecule has 1 saturated heterocycles. The summed E-state index contributed by atoms with van der Waals surface area (Å²) in [7, 11) is 0. The van der Waals surface area contributed by atoms with Crippen molar-refractivity contribution < 1.29 is 14.6 Å². The van der Waals surface area contributed by atoms with Gasteiger partial charge < -0.3 is 20.9 Å². The number of nitrogens with one attached hydrogen (secondary N) is 1. The summed E-state index contributed by atoms with van der Waals surface area (Å²) in [6, 6.07) is 5.33. The van der Waals surface area contributed by atoms with Crippen molar-refractivity contribution in [1.82, 2.24) is 4.90 Å². The lowest BCUT2D eigenvalue weighted by molar-refractivity contribution is -0.120. The zero-order valence-corrected chi connectivity index (χ0v) is 11.6. The Kier molecular flexibility index (Phi) is 4.94. The van der Waals surface area contributed by atoms with Crippen LogP contribution in [-0.2, 0) is 9.53 Å². The van der Waals surface area contributed by atoms with E-state index in [1.807, 2.05) is 24.0 Å². The van der Waals surface area contributed by atoms with Crippen LogP contribution in [0, 0.1) is 6.92 Å². The molecule has 0 bridgehead atoms. The monoisotopic (exact) mass is 279 g/mol. The molecule has 0 saturated carbocycles. The molecule has 4 N–H and O–H groups in total. The van der Waals surface area contributed by atoms with Crippen LogP contribution in [0.25, 0.3) is 0 Å². The van der Waals surface area contributed by atoms with Crippen LogP contribution in [0.3, 0.4) is 0 Å². The quantitative estimate of drug-likeness (QED) is 0.686. The summed E-state index contributed by atoms with van der Waals surface area (Å²) < 4.78 is 5.28. The first kappa shape index (κ1) is 14.8. The van der Waals surface area contributed by atoms with Crippen LogP contribution in [0.5, 0.6) is 0 Å². The molecular formula is C14H21N3O3. The summed E-state index contributed by atoms with van der Waals surface area (Å²) >= 11 is 0. The molecule has 1 unspecified atom stereocenters. The number of anilines is 2. The van der Waals surface area contributed by atoms with Crippen molar-refractivity contribution >= 4 is 17.3 Å². The Morgan fingerprint density at radius 3 is 3.10 bits per heavy atom. The first-order valence-corrected chi connectivity index (χ1v) is 6.69. The van der Waals surface area contributed by atoms with Crippen LogP contribution in [0.2, 0.25) is 0 Å². The number of aliphatic hydroxyl groups excluding tert-OH is 1. The first-order valence-electron chi connectivity index (χ1n) is 6.69. The van der Waals surface area contributed by atoms with E-state index in [9.17, 15) is 9.90 Å². The number of carbonyl (C=O) groups is 1. The lowest BCUT2D eigenvalue weighted by Gasteiger charge is -2.33. The molecular weight excluding hydrogens is 258 g/mol. The topological polar surface area (TPSA) is 87.8 Å². The second-order valence-corrected chi connectivity index (χ2v) is 5.00. The molecule has 110 valence electrons. The molecule has 1 atom stereocenters. The molecule has 1 aliphatic rings. The van der Waals surface area contributed by atoms with E-state index in [1.165, 1.54) is 0 Å². The van der Waals surface area contributed by atoms with Crippen LogP contribution < -0.4 is 11.1 Å². The molecule has 1 aromatic rings. The maximum atomic E-state index is 12.0. The number of aryl methyl sites for hydroxylation is 1. The summed E-state index contributed by atoms with van der Waals surface area (Å²) in [5.74, 6) is -0.117. The Balaban J connectivity index is 1.92. The third kappa shape index (κ3) is 3.69. The van der Waals surface area contributed by atoms with Gasteiger partial charge in [0, 0.05) is 17.9 Å². The van der Waals surface area contributed by atoms with Gasteiger partial charge in [-0.2, -0.15) is 0 Å². The van der Waals surface area contributed by atoms with Crippen molar-refractivity contribution in [3.63, 3.8) is 0 Å². The maximum Gasteiger partial charge on any atom is 0.238 e. The molecule has 1 aliphatic heterocycles. The Morgan fingerprint density at radius 2 is 2.40 bits per heavy atom. The minimum atomic E-state index is -0.117. The number of hydrogen-bond donors (Lipinski definition) is 3. The lowest BCUT2D eigenvalue weighted by atomic mass is 10.2. The molecule has 20 heavy (non-hydrogen) atoms. The Hall–Kier alpha value is -1.63. The first-order chi connectivity index (χ1) is 9.60. The van der Waals surface area contributed by atoms with Crippen LogP contribution in [0.15, 0.2) is 18.2 Å². The molecule has 1 fully saturated rings. The number of rotatable bonds is 4. The van der Waals surface area contributed by atoms with Gasteiger partial charge in [-0.3, -0.25) is 9.69 Å². The Labute approximate surface area is 118 Å². The minimum Gasteiger partial charge on any atom is -0.398 e. The zero-order chi connectivity index (χ0) is 14.5. The highest BCUT2D eigenvalue weighted by atomic mass is 16.5. The van der Waals surface area contributed by atoms with Gasteiger partial charge in [-0.15, -0.1) is 0 Å². The maximum absolute atomic E-state index is 12.0. The summed E-state index contributed by atoms with van der Waals surface area (Å²) in [5, 5.41) is 12.1. The highest BCUT2D eigenvalue weighted by molar-refractivity contribution is 5.92. The molecule has 0 aromatic heterocycles. The van der Waals surface area contributed by atoms with E-state index in [1.54, 1.807) is 6.07 Å². The van der Waals surface area contributed by atoms with E-state index in [2.05, 4.69) is 5.32 Å². The molecule has 1 aromatic carbocycles. The summed E-state index contributed by atoms with van der Waals surface area (Å²) in [6.07, 6.45) is 0. The average Bonchev–Trinajstić information content (AvgIpc) is 2.43. The fourth-order valence-corrected chi connectivity index (χ4v) is 2.17. The average molecular weight is 279 g/mol. The SMILES string of the molecule is Cc1ccc(NC(=O)CN2CCOCC2CO)cc1N. The molecule has 6 nitrogen and oxygen atoms in total. The van der Waals surface area contributed by atoms with Crippen molar-refractivity contribution in [2.75, 3.05) is 44.0 Å². The van der Waals surface area contributed by atoms with Gasteiger partial charge in [0.1, 0.15) is 0 Å². The van der Waals surface area contributed by atoms with E-state index in [4.69, 9.17) is 10.5 Å². The van der Waals surface area contributed by atoms with Gasteiger partial charge in [0.05, 0.1) is 32.4 Å². The van der Waals surface area contributed by atoms with Crippen molar-refractivity contribution in [3.8, 4) is 0 Å². The largest absolute Gasteiger partial charge is 0.398 e. The van der Waals surface area contributed by atoms with E-state index in [0.717, 1.165) is 5.56 Å². The number of nitrogens with zero attached hydrogens (tertiary/aromatic N) is 1. The van der Waals surface area contributed by atoms with Crippen LogP contribution >= 0.6 is 0 Å². The highest BCUT2D eigenvalue weighted by Crippen LogP contribution is 2.17. The van der Waals surface area contributed by atoms with E-state index in [-0.39, 0.29) is 25.1 Å². The molecule has 1 amide bonds. The number of aliphatic hydroxyl groups is 1. The molecule has 0 aliphatic carbocycles. The normalized spacial score (nSPS) is 19.8. The predicted molar refractivity (Wildman–Crippen MR) is 77.5 cm³/mol. The number of morpholine rings is 1. The van der Waals surface area contributed by atoms with Gasteiger partial charge in [-0.1, -0.05) is 6.07 Å². The molecule has 1 heterocycles. The number of carbonyl (C=O) groups excluding carboxylic acids is 1. The van der Waals surface area contributed by atoms with E-state index < -0.39 is 0 Å². The smallest absolute Gasteiger partial charge is 0.238 e. The van der Waals surface area contributed by atoms with Crippen molar-refractivity contribution in [2.24, 2.45) is 0 Å².